The first-order valence-corrected chi connectivity index (χ1v) is 9.75. The monoisotopic (exact) mass is 349 g/mol. The lowest BCUT2D eigenvalue weighted by atomic mass is 9.97. The van der Waals surface area contributed by atoms with Gasteiger partial charge in [0.15, 0.2) is 0 Å². The minimum atomic E-state index is 0.684. The summed E-state index contributed by atoms with van der Waals surface area (Å²) in [6.45, 7) is 5.52. The van der Waals surface area contributed by atoms with Crippen LogP contribution in [-0.4, -0.2) is 35.2 Å². The summed E-state index contributed by atoms with van der Waals surface area (Å²) in [7, 11) is 0. The van der Waals surface area contributed by atoms with Crippen LogP contribution in [0, 0.1) is 5.41 Å². The Morgan fingerprint density at radius 1 is 1.32 bits per heavy atom. The summed E-state index contributed by atoms with van der Waals surface area (Å²) in [6.07, 6.45) is 6.31. The van der Waals surface area contributed by atoms with Gasteiger partial charge in [-0.25, -0.2) is 0 Å². The van der Waals surface area contributed by atoms with Crippen molar-refractivity contribution >= 4 is 33.5 Å². The number of rotatable bonds is 5. The van der Waals surface area contributed by atoms with Crippen LogP contribution in [0.4, 0.5) is 0 Å². The number of hydrogen-bond donors (Lipinski definition) is 2. The van der Waals surface area contributed by atoms with Crippen molar-refractivity contribution in [3.63, 3.8) is 0 Å². The summed E-state index contributed by atoms with van der Waals surface area (Å²) in [5.41, 5.74) is 5.86. The SMILES string of the molecule is CCN1CC=C(c2c[nH]c3ccc(CC(=N)c4cccs4)cc23)CC1. The Kier molecular flexibility index (Phi) is 4.55. The van der Waals surface area contributed by atoms with Crippen molar-refractivity contribution in [2.45, 2.75) is 19.8 Å². The van der Waals surface area contributed by atoms with Crippen molar-refractivity contribution < 1.29 is 0 Å². The second-order valence-corrected chi connectivity index (χ2v) is 7.54. The summed E-state index contributed by atoms with van der Waals surface area (Å²) in [5.74, 6) is 0. The molecule has 3 aromatic rings. The van der Waals surface area contributed by atoms with Crippen molar-refractivity contribution in [2.24, 2.45) is 0 Å². The Bertz CT molecular complexity index is 918. The number of hydrogen-bond acceptors (Lipinski definition) is 3. The lowest BCUT2D eigenvalue weighted by molar-refractivity contribution is 0.319. The van der Waals surface area contributed by atoms with Gasteiger partial charge in [-0.15, -0.1) is 11.3 Å². The highest BCUT2D eigenvalue weighted by Crippen LogP contribution is 2.30. The maximum absolute atomic E-state index is 8.33. The van der Waals surface area contributed by atoms with Crippen LogP contribution < -0.4 is 0 Å². The number of nitrogens with zero attached hydrogens (tertiary/aromatic N) is 1. The predicted molar refractivity (Wildman–Crippen MR) is 108 cm³/mol. The first kappa shape index (κ1) is 16.3. The van der Waals surface area contributed by atoms with E-state index in [4.69, 9.17) is 5.41 Å². The van der Waals surface area contributed by atoms with Crippen LogP contribution in [0.5, 0.6) is 0 Å². The molecule has 2 N–H and O–H groups in total. The van der Waals surface area contributed by atoms with Gasteiger partial charge in [-0.3, -0.25) is 4.90 Å². The van der Waals surface area contributed by atoms with Gasteiger partial charge in [0, 0.05) is 47.1 Å². The van der Waals surface area contributed by atoms with Gasteiger partial charge in [-0.2, -0.15) is 0 Å². The average Bonchev–Trinajstić information content (AvgIpc) is 3.31. The highest BCUT2D eigenvalue weighted by molar-refractivity contribution is 7.12. The number of benzene rings is 1. The summed E-state index contributed by atoms with van der Waals surface area (Å²) in [5, 5.41) is 11.7. The molecule has 4 heteroatoms. The zero-order chi connectivity index (χ0) is 17.2. The summed E-state index contributed by atoms with van der Waals surface area (Å²) >= 11 is 1.64. The number of fused-ring (bicyclic) bond motifs is 1. The highest BCUT2D eigenvalue weighted by atomic mass is 32.1. The molecule has 0 unspecified atom stereocenters. The van der Waals surface area contributed by atoms with Gasteiger partial charge >= 0.3 is 0 Å². The molecule has 2 aromatic heterocycles. The predicted octanol–water partition coefficient (Wildman–Crippen LogP) is 4.95. The molecule has 1 aliphatic heterocycles. The van der Waals surface area contributed by atoms with Gasteiger partial charge in [0.1, 0.15) is 0 Å². The van der Waals surface area contributed by atoms with E-state index in [-0.39, 0.29) is 0 Å². The fourth-order valence-electron chi connectivity index (χ4n) is 3.53. The van der Waals surface area contributed by atoms with E-state index in [9.17, 15) is 0 Å². The lowest BCUT2D eigenvalue weighted by Gasteiger charge is -2.24. The van der Waals surface area contributed by atoms with Crippen LogP contribution in [0.15, 0.2) is 48.0 Å². The van der Waals surface area contributed by atoms with Gasteiger partial charge < -0.3 is 10.4 Å². The molecule has 3 nitrogen and oxygen atoms in total. The molecule has 0 atom stereocenters. The fraction of sp³-hybridized carbons (Fsp3) is 0.286. The molecule has 0 aliphatic carbocycles. The Hall–Kier alpha value is -2.17. The van der Waals surface area contributed by atoms with Gasteiger partial charge in [-0.1, -0.05) is 25.1 Å². The van der Waals surface area contributed by atoms with Crippen LogP contribution in [-0.2, 0) is 6.42 Å². The van der Waals surface area contributed by atoms with Crippen molar-refractivity contribution in [1.29, 1.82) is 5.41 Å². The maximum Gasteiger partial charge on any atom is 0.0529 e. The Labute approximate surface area is 152 Å². The van der Waals surface area contributed by atoms with Crippen molar-refractivity contribution in [2.75, 3.05) is 19.6 Å². The van der Waals surface area contributed by atoms with E-state index in [1.165, 1.54) is 27.6 Å². The molecule has 0 amide bonds. The van der Waals surface area contributed by atoms with E-state index in [0.29, 0.717) is 12.1 Å². The zero-order valence-corrected chi connectivity index (χ0v) is 15.3. The minimum absolute atomic E-state index is 0.684. The third kappa shape index (κ3) is 3.32. The van der Waals surface area contributed by atoms with E-state index in [1.54, 1.807) is 11.3 Å². The van der Waals surface area contributed by atoms with Crippen molar-refractivity contribution in [1.82, 2.24) is 9.88 Å². The summed E-state index contributed by atoms with van der Waals surface area (Å²) in [4.78, 5) is 6.94. The molecule has 25 heavy (non-hydrogen) atoms. The molecule has 0 saturated carbocycles. The van der Waals surface area contributed by atoms with Crippen LogP contribution >= 0.6 is 11.3 Å². The van der Waals surface area contributed by atoms with Gasteiger partial charge in [0.2, 0.25) is 0 Å². The molecule has 0 spiro atoms. The molecule has 0 fully saturated rings. The summed E-state index contributed by atoms with van der Waals surface area (Å²) < 4.78 is 0. The third-order valence-electron chi connectivity index (χ3n) is 5.03. The third-order valence-corrected chi connectivity index (χ3v) is 5.96. The van der Waals surface area contributed by atoms with E-state index < -0.39 is 0 Å². The Balaban J connectivity index is 1.62. The smallest absolute Gasteiger partial charge is 0.0529 e. The Morgan fingerprint density at radius 2 is 2.24 bits per heavy atom. The van der Waals surface area contributed by atoms with Crippen LogP contribution in [0.2, 0.25) is 0 Å². The number of H-pyrrole nitrogens is 1. The molecule has 128 valence electrons. The number of aromatic amines is 1. The molecule has 1 aliphatic rings. The molecule has 0 saturated heterocycles. The van der Waals surface area contributed by atoms with E-state index in [1.807, 2.05) is 17.5 Å². The maximum atomic E-state index is 8.33. The Morgan fingerprint density at radius 3 is 2.96 bits per heavy atom. The molecule has 4 rings (SSSR count). The lowest BCUT2D eigenvalue weighted by Crippen LogP contribution is -2.27. The first-order valence-electron chi connectivity index (χ1n) is 8.87. The second kappa shape index (κ2) is 6.98. The van der Waals surface area contributed by atoms with E-state index >= 15 is 0 Å². The number of likely N-dealkylation sites (N-methyl/N-ethyl adjacent to an activating group) is 1. The minimum Gasteiger partial charge on any atom is -0.361 e. The number of nitrogens with one attached hydrogen (secondary N) is 2. The molecule has 0 bridgehead atoms. The van der Waals surface area contributed by atoms with E-state index in [2.05, 4.69) is 47.3 Å². The van der Waals surface area contributed by atoms with Gasteiger partial charge in [0.05, 0.1) is 5.71 Å². The topological polar surface area (TPSA) is 42.9 Å². The van der Waals surface area contributed by atoms with Crippen molar-refractivity contribution in [3.05, 3.63) is 64.0 Å². The largest absolute Gasteiger partial charge is 0.361 e. The van der Waals surface area contributed by atoms with Crippen LogP contribution in [0.25, 0.3) is 16.5 Å². The second-order valence-electron chi connectivity index (χ2n) is 6.59. The zero-order valence-electron chi connectivity index (χ0n) is 14.5. The normalized spacial score (nSPS) is 15.5. The van der Waals surface area contributed by atoms with Crippen molar-refractivity contribution in [3.8, 4) is 0 Å². The quantitative estimate of drug-likeness (QED) is 0.629. The number of thiophene rings is 1. The summed E-state index contributed by atoms with van der Waals surface area (Å²) in [6, 6.07) is 10.6. The highest BCUT2D eigenvalue weighted by Gasteiger charge is 2.15. The molecular formula is C21H23N3S. The van der Waals surface area contributed by atoms with Gasteiger partial charge in [-0.05, 0) is 47.7 Å². The standard InChI is InChI=1S/C21H23N3S/c1-2-24-9-7-16(8-10-24)18-14-23-20-6-5-15(12-17(18)20)13-19(22)21-4-3-11-25-21/h3-7,11-12,14,22-23H,2,8-10,13H2,1H3. The van der Waals surface area contributed by atoms with Crippen LogP contribution in [0.3, 0.4) is 0 Å². The van der Waals surface area contributed by atoms with Gasteiger partial charge in [0.25, 0.3) is 0 Å². The van der Waals surface area contributed by atoms with Crippen LogP contribution in [0.1, 0.15) is 29.3 Å². The number of aromatic nitrogens is 1. The fourth-order valence-corrected chi connectivity index (χ4v) is 4.20. The molecule has 0 radical (unpaired) electrons. The molecule has 1 aromatic carbocycles. The average molecular weight is 350 g/mol. The van der Waals surface area contributed by atoms with E-state index in [0.717, 1.165) is 30.9 Å². The molecule has 3 heterocycles. The molecular weight excluding hydrogens is 326 g/mol. The first-order chi connectivity index (χ1) is 12.2.